The number of rotatable bonds is 5. The highest BCUT2D eigenvalue weighted by Gasteiger charge is 2.08. The van der Waals surface area contributed by atoms with E-state index in [1.54, 1.807) is 22.9 Å². The van der Waals surface area contributed by atoms with Crippen molar-refractivity contribution in [2.75, 3.05) is 0 Å². The van der Waals surface area contributed by atoms with E-state index in [1.165, 1.54) is 12.1 Å². The highest BCUT2D eigenvalue weighted by molar-refractivity contribution is 5.69. The molecule has 0 saturated carbocycles. The summed E-state index contributed by atoms with van der Waals surface area (Å²) < 4.78 is 14.6. The zero-order valence-corrected chi connectivity index (χ0v) is 14.5. The molecule has 0 N–H and O–H groups in total. The molecule has 0 unspecified atom stereocenters. The molecule has 0 saturated heterocycles. The van der Waals surface area contributed by atoms with Crippen molar-refractivity contribution < 1.29 is 4.39 Å². The van der Waals surface area contributed by atoms with Crippen LogP contribution >= 0.6 is 0 Å². The van der Waals surface area contributed by atoms with E-state index in [0.717, 1.165) is 40.8 Å². The maximum atomic E-state index is 13.1. The Hall–Kier alpha value is -2.75. The number of unbranched alkanes of at least 4 members (excludes halogenated alkanes) is 1. The summed E-state index contributed by atoms with van der Waals surface area (Å²) in [6.45, 7) is 4.63. The maximum absolute atomic E-state index is 13.1. The van der Waals surface area contributed by atoms with Gasteiger partial charge in [0.05, 0.1) is 5.69 Å². The number of hydrogen-bond donors (Lipinski definition) is 0. The quantitative estimate of drug-likeness (QED) is 0.669. The van der Waals surface area contributed by atoms with Crippen molar-refractivity contribution in [2.45, 2.75) is 33.2 Å². The lowest BCUT2D eigenvalue weighted by atomic mass is 10.0. The topological polar surface area (TPSA) is 34.9 Å². The van der Waals surface area contributed by atoms with Gasteiger partial charge in [0.15, 0.2) is 0 Å². The van der Waals surface area contributed by atoms with E-state index in [0.29, 0.717) is 6.54 Å². The molecule has 4 heteroatoms. The molecule has 3 rings (SSSR count). The van der Waals surface area contributed by atoms with Gasteiger partial charge >= 0.3 is 0 Å². The summed E-state index contributed by atoms with van der Waals surface area (Å²) in [5, 5.41) is 4.55. The van der Waals surface area contributed by atoms with Gasteiger partial charge in [-0.2, -0.15) is 5.10 Å². The molecule has 3 nitrogen and oxygen atoms in total. The van der Waals surface area contributed by atoms with Crippen molar-refractivity contribution in [3.8, 4) is 22.4 Å². The average Bonchev–Trinajstić information content (AvgIpc) is 2.62. The maximum Gasteiger partial charge on any atom is 0.267 e. The zero-order chi connectivity index (χ0) is 17.8. The summed E-state index contributed by atoms with van der Waals surface area (Å²) in [7, 11) is 0. The number of hydrogen-bond acceptors (Lipinski definition) is 2. The van der Waals surface area contributed by atoms with E-state index in [2.05, 4.69) is 12.0 Å². The van der Waals surface area contributed by atoms with Crippen molar-refractivity contribution in [1.82, 2.24) is 9.78 Å². The Morgan fingerprint density at radius 1 is 0.960 bits per heavy atom. The minimum atomic E-state index is -0.241. The lowest BCUT2D eigenvalue weighted by molar-refractivity contribution is 0.544. The van der Waals surface area contributed by atoms with E-state index < -0.39 is 0 Å². The van der Waals surface area contributed by atoms with Crippen molar-refractivity contribution >= 4 is 0 Å². The van der Waals surface area contributed by atoms with Crippen LogP contribution in [0.5, 0.6) is 0 Å². The van der Waals surface area contributed by atoms with Crippen LogP contribution in [0.25, 0.3) is 22.4 Å². The molecule has 25 heavy (non-hydrogen) atoms. The van der Waals surface area contributed by atoms with E-state index in [9.17, 15) is 9.18 Å². The van der Waals surface area contributed by atoms with Gasteiger partial charge < -0.3 is 0 Å². The molecule has 2 aromatic carbocycles. The second-order valence-electron chi connectivity index (χ2n) is 6.18. The molecule has 0 aliphatic heterocycles. The second-order valence-corrected chi connectivity index (χ2v) is 6.18. The van der Waals surface area contributed by atoms with Gasteiger partial charge in [0.1, 0.15) is 5.82 Å². The highest BCUT2D eigenvalue weighted by atomic mass is 19.1. The van der Waals surface area contributed by atoms with Gasteiger partial charge in [0.2, 0.25) is 0 Å². The van der Waals surface area contributed by atoms with Crippen molar-refractivity contribution in [3.05, 3.63) is 76.3 Å². The molecule has 0 fully saturated rings. The van der Waals surface area contributed by atoms with Gasteiger partial charge in [0.25, 0.3) is 5.56 Å². The minimum absolute atomic E-state index is 0.0577. The predicted octanol–water partition coefficient (Wildman–Crippen LogP) is 4.82. The van der Waals surface area contributed by atoms with Crippen LogP contribution in [0, 0.1) is 12.7 Å². The Kier molecular flexibility index (Phi) is 5.08. The molecule has 0 atom stereocenters. The minimum Gasteiger partial charge on any atom is -0.268 e. The van der Waals surface area contributed by atoms with E-state index in [-0.39, 0.29) is 11.4 Å². The molecular formula is C21H21FN2O. The fourth-order valence-electron chi connectivity index (χ4n) is 2.79. The number of benzene rings is 2. The second kappa shape index (κ2) is 7.43. The average molecular weight is 336 g/mol. The van der Waals surface area contributed by atoms with Crippen molar-refractivity contribution in [3.63, 3.8) is 0 Å². The Balaban J connectivity index is 1.94. The van der Waals surface area contributed by atoms with E-state index in [1.807, 2.05) is 31.2 Å². The van der Waals surface area contributed by atoms with Crippen molar-refractivity contribution in [2.24, 2.45) is 0 Å². The van der Waals surface area contributed by atoms with Gasteiger partial charge in [0, 0.05) is 18.2 Å². The standard InChI is InChI=1S/C21H21FN2O/c1-3-4-13-24-20(25)14-15(2)21(23-24)18-7-5-16(6-8-18)17-9-11-19(22)12-10-17/h5-12,14H,3-4,13H2,1-2H3. The third-order valence-corrected chi connectivity index (χ3v) is 4.25. The summed E-state index contributed by atoms with van der Waals surface area (Å²) in [5.41, 5.74) is 4.58. The van der Waals surface area contributed by atoms with E-state index >= 15 is 0 Å². The fourth-order valence-corrected chi connectivity index (χ4v) is 2.79. The number of halogens is 1. The van der Waals surface area contributed by atoms with Crippen LogP contribution < -0.4 is 5.56 Å². The molecule has 1 aromatic heterocycles. The summed E-state index contributed by atoms with van der Waals surface area (Å²) in [6, 6.07) is 16.0. The molecule has 0 aliphatic carbocycles. The third kappa shape index (κ3) is 3.85. The molecule has 3 aromatic rings. The Morgan fingerprint density at radius 3 is 2.12 bits per heavy atom. The molecule has 1 heterocycles. The lowest BCUT2D eigenvalue weighted by Crippen LogP contribution is -2.23. The van der Waals surface area contributed by atoms with Gasteiger partial charge in [-0.05, 0) is 42.2 Å². The Morgan fingerprint density at radius 2 is 1.52 bits per heavy atom. The Bertz CT molecular complexity index is 912. The van der Waals surface area contributed by atoms with Crippen LogP contribution in [-0.2, 0) is 6.54 Å². The predicted molar refractivity (Wildman–Crippen MR) is 99.0 cm³/mol. The van der Waals surface area contributed by atoms with Crippen molar-refractivity contribution in [1.29, 1.82) is 0 Å². The Labute approximate surface area is 146 Å². The number of aryl methyl sites for hydroxylation is 2. The summed E-state index contributed by atoms with van der Waals surface area (Å²) in [4.78, 5) is 12.1. The van der Waals surface area contributed by atoms with E-state index in [4.69, 9.17) is 0 Å². The first-order valence-corrected chi connectivity index (χ1v) is 8.53. The molecule has 0 bridgehead atoms. The molecular weight excluding hydrogens is 315 g/mol. The zero-order valence-electron chi connectivity index (χ0n) is 14.5. The van der Waals surface area contributed by atoms with Gasteiger partial charge in [-0.3, -0.25) is 4.79 Å². The smallest absolute Gasteiger partial charge is 0.267 e. The first-order chi connectivity index (χ1) is 12.1. The highest BCUT2D eigenvalue weighted by Crippen LogP contribution is 2.25. The lowest BCUT2D eigenvalue weighted by Gasteiger charge is -2.10. The summed E-state index contributed by atoms with van der Waals surface area (Å²) >= 11 is 0. The van der Waals surface area contributed by atoms with Gasteiger partial charge in [-0.25, -0.2) is 9.07 Å². The van der Waals surface area contributed by atoms with Crippen LogP contribution in [0.15, 0.2) is 59.4 Å². The van der Waals surface area contributed by atoms with Crippen LogP contribution in [0.3, 0.4) is 0 Å². The first-order valence-electron chi connectivity index (χ1n) is 8.53. The van der Waals surface area contributed by atoms with Crippen LogP contribution in [0.2, 0.25) is 0 Å². The van der Waals surface area contributed by atoms with Crippen LogP contribution in [-0.4, -0.2) is 9.78 Å². The largest absolute Gasteiger partial charge is 0.268 e. The van der Waals surface area contributed by atoms with Gasteiger partial charge in [-0.1, -0.05) is 49.7 Å². The molecule has 0 aliphatic rings. The first kappa shape index (κ1) is 17.1. The van der Waals surface area contributed by atoms with Gasteiger partial charge in [-0.15, -0.1) is 0 Å². The number of nitrogens with zero attached hydrogens (tertiary/aromatic N) is 2. The van der Waals surface area contributed by atoms with Crippen LogP contribution in [0.4, 0.5) is 4.39 Å². The molecule has 0 amide bonds. The number of aromatic nitrogens is 2. The summed E-state index contributed by atoms with van der Waals surface area (Å²) in [5.74, 6) is -0.241. The van der Waals surface area contributed by atoms with Crippen LogP contribution in [0.1, 0.15) is 25.3 Å². The monoisotopic (exact) mass is 336 g/mol. The SMILES string of the molecule is CCCCn1nc(-c2ccc(-c3ccc(F)cc3)cc2)c(C)cc1=O. The fraction of sp³-hybridized carbons (Fsp3) is 0.238. The molecule has 128 valence electrons. The molecule has 0 radical (unpaired) electrons. The summed E-state index contributed by atoms with van der Waals surface area (Å²) in [6.07, 6.45) is 1.95. The molecule has 0 spiro atoms. The normalized spacial score (nSPS) is 10.8. The third-order valence-electron chi connectivity index (χ3n) is 4.25.